The Morgan fingerprint density at radius 2 is 1.78 bits per heavy atom. The van der Waals surface area contributed by atoms with Gasteiger partial charge in [0.1, 0.15) is 0 Å². The molecule has 9 heteroatoms. The molecular formula is C23H28ClN5O3. The SMILES string of the molecule is Cl.NCCc1c[nH]c2ccc(CCC(=O)N3CCN(c4ccc([N+](=O)[O-])cc4)CC3)cc12. The molecule has 1 saturated heterocycles. The van der Waals surface area contributed by atoms with Gasteiger partial charge in [0.25, 0.3) is 5.69 Å². The van der Waals surface area contributed by atoms with Gasteiger partial charge >= 0.3 is 0 Å². The number of nitro groups is 1. The van der Waals surface area contributed by atoms with E-state index in [0.29, 0.717) is 32.5 Å². The number of carbonyl (C=O) groups is 1. The van der Waals surface area contributed by atoms with Gasteiger partial charge in [0.15, 0.2) is 0 Å². The fourth-order valence-electron chi connectivity index (χ4n) is 4.15. The van der Waals surface area contributed by atoms with Gasteiger partial charge in [-0.25, -0.2) is 0 Å². The molecule has 3 N–H and O–H groups in total. The number of piperazine rings is 1. The molecule has 2 heterocycles. The van der Waals surface area contributed by atoms with E-state index in [9.17, 15) is 14.9 Å². The van der Waals surface area contributed by atoms with Crippen LogP contribution in [0.3, 0.4) is 0 Å². The lowest BCUT2D eigenvalue weighted by Crippen LogP contribution is -2.48. The molecule has 2 aromatic carbocycles. The van der Waals surface area contributed by atoms with Crippen LogP contribution >= 0.6 is 12.4 Å². The summed E-state index contributed by atoms with van der Waals surface area (Å²) < 4.78 is 0. The number of aromatic amines is 1. The number of carbonyl (C=O) groups excluding carboxylic acids is 1. The van der Waals surface area contributed by atoms with Gasteiger partial charge in [-0.3, -0.25) is 14.9 Å². The highest BCUT2D eigenvalue weighted by atomic mass is 35.5. The van der Waals surface area contributed by atoms with E-state index in [2.05, 4.69) is 28.1 Å². The zero-order chi connectivity index (χ0) is 21.8. The average molecular weight is 458 g/mol. The van der Waals surface area contributed by atoms with Crippen LogP contribution in [0.1, 0.15) is 17.5 Å². The molecule has 32 heavy (non-hydrogen) atoms. The van der Waals surface area contributed by atoms with E-state index in [0.717, 1.165) is 36.3 Å². The number of nitrogens with one attached hydrogen (secondary N) is 1. The standard InChI is InChI=1S/C23H27N5O3.ClH/c24-10-9-18-16-25-22-7-1-17(15-21(18)22)2-8-23(29)27-13-11-26(12-14-27)19-3-5-20(6-4-19)28(30)31;/h1,3-7,15-16,25H,2,8-14,24H2;1H. The lowest BCUT2D eigenvalue weighted by molar-refractivity contribution is -0.384. The van der Waals surface area contributed by atoms with Gasteiger partial charge in [-0.2, -0.15) is 0 Å². The molecular weight excluding hydrogens is 430 g/mol. The lowest BCUT2D eigenvalue weighted by Gasteiger charge is -2.36. The van der Waals surface area contributed by atoms with Gasteiger partial charge in [0, 0.05) is 67.5 Å². The second-order valence-corrected chi connectivity index (χ2v) is 7.87. The number of hydrogen-bond donors (Lipinski definition) is 2. The van der Waals surface area contributed by atoms with Crippen molar-refractivity contribution < 1.29 is 9.72 Å². The van der Waals surface area contributed by atoms with Crippen LogP contribution in [-0.4, -0.2) is 53.4 Å². The number of non-ortho nitro benzene ring substituents is 1. The van der Waals surface area contributed by atoms with Crippen LogP contribution < -0.4 is 10.6 Å². The van der Waals surface area contributed by atoms with E-state index in [1.807, 2.05) is 11.1 Å². The highest BCUT2D eigenvalue weighted by Gasteiger charge is 2.21. The zero-order valence-corrected chi connectivity index (χ0v) is 18.6. The van der Waals surface area contributed by atoms with Crippen molar-refractivity contribution in [3.63, 3.8) is 0 Å². The summed E-state index contributed by atoms with van der Waals surface area (Å²) in [5, 5.41) is 12.0. The third-order valence-corrected chi connectivity index (χ3v) is 5.93. The number of rotatable bonds is 7. The minimum atomic E-state index is -0.396. The van der Waals surface area contributed by atoms with Gasteiger partial charge in [-0.05, 0) is 54.8 Å². The van der Waals surface area contributed by atoms with Crippen molar-refractivity contribution in [2.24, 2.45) is 5.73 Å². The molecule has 0 atom stereocenters. The number of H-pyrrole nitrogens is 1. The third kappa shape index (κ3) is 5.20. The summed E-state index contributed by atoms with van der Waals surface area (Å²) >= 11 is 0. The Balaban J connectivity index is 0.00000289. The van der Waals surface area contributed by atoms with Crippen molar-refractivity contribution in [1.29, 1.82) is 0 Å². The highest BCUT2D eigenvalue weighted by molar-refractivity contribution is 5.85. The summed E-state index contributed by atoms with van der Waals surface area (Å²) in [5.74, 6) is 0.166. The molecule has 0 unspecified atom stereocenters. The number of hydrogen-bond acceptors (Lipinski definition) is 5. The largest absolute Gasteiger partial charge is 0.368 e. The van der Waals surface area contributed by atoms with E-state index in [1.165, 1.54) is 23.1 Å². The third-order valence-electron chi connectivity index (χ3n) is 5.93. The molecule has 4 rings (SSSR count). The highest BCUT2D eigenvalue weighted by Crippen LogP contribution is 2.22. The summed E-state index contributed by atoms with van der Waals surface area (Å²) in [6.07, 6.45) is 4.04. The molecule has 170 valence electrons. The first-order chi connectivity index (χ1) is 15.0. The van der Waals surface area contributed by atoms with Crippen LogP contribution in [0.15, 0.2) is 48.7 Å². The van der Waals surface area contributed by atoms with Crippen molar-refractivity contribution in [3.8, 4) is 0 Å². The van der Waals surface area contributed by atoms with E-state index in [1.54, 1.807) is 12.1 Å². The van der Waals surface area contributed by atoms with E-state index < -0.39 is 4.92 Å². The maximum atomic E-state index is 12.7. The number of amides is 1. The number of fused-ring (bicyclic) bond motifs is 1. The van der Waals surface area contributed by atoms with Crippen molar-refractivity contribution in [2.75, 3.05) is 37.6 Å². The second kappa shape index (κ2) is 10.5. The zero-order valence-electron chi connectivity index (χ0n) is 17.8. The molecule has 3 aromatic rings. The number of aromatic nitrogens is 1. The van der Waals surface area contributed by atoms with Gasteiger partial charge in [-0.1, -0.05) is 6.07 Å². The maximum absolute atomic E-state index is 12.7. The normalized spacial score (nSPS) is 13.8. The van der Waals surface area contributed by atoms with Gasteiger partial charge in [0.05, 0.1) is 4.92 Å². The Morgan fingerprint density at radius 3 is 2.44 bits per heavy atom. The number of anilines is 1. The number of aryl methyl sites for hydroxylation is 1. The van der Waals surface area contributed by atoms with Crippen LogP contribution in [-0.2, 0) is 17.6 Å². The minimum absolute atomic E-state index is 0. The number of halogens is 1. The topological polar surface area (TPSA) is 108 Å². The summed E-state index contributed by atoms with van der Waals surface area (Å²) in [6, 6.07) is 12.9. The Bertz CT molecular complexity index is 1070. The Kier molecular flexibility index (Phi) is 7.71. The Labute approximate surface area is 192 Å². The second-order valence-electron chi connectivity index (χ2n) is 7.87. The molecule has 0 radical (unpaired) electrons. The van der Waals surface area contributed by atoms with Crippen LogP contribution in [0.2, 0.25) is 0 Å². The summed E-state index contributed by atoms with van der Waals surface area (Å²) in [7, 11) is 0. The van der Waals surface area contributed by atoms with E-state index >= 15 is 0 Å². The molecule has 1 aliphatic rings. The minimum Gasteiger partial charge on any atom is -0.368 e. The number of nitrogens with zero attached hydrogens (tertiary/aromatic N) is 3. The van der Waals surface area contributed by atoms with Crippen molar-refractivity contribution in [3.05, 3.63) is 69.9 Å². The van der Waals surface area contributed by atoms with Crippen molar-refractivity contribution >= 4 is 40.6 Å². The van der Waals surface area contributed by atoms with Crippen molar-refractivity contribution in [2.45, 2.75) is 19.3 Å². The number of nitro benzene ring substituents is 1. The fourth-order valence-corrected chi connectivity index (χ4v) is 4.15. The smallest absolute Gasteiger partial charge is 0.269 e. The van der Waals surface area contributed by atoms with Crippen LogP contribution in [0, 0.1) is 10.1 Å². The molecule has 1 aliphatic heterocycles. The first kappa shape index (κ1) is 23.6. The van der Waals surface area contributed by atoms with Crippen molar-refractivity contribution in [1.82, 2.24) is 9.88 Å². The predicted molar refractivity (Wildman–Crippen MR) is 129 cm³/mol. The average Bonchev–Trinajstić information content (AvgIpc) is 3.20. The number of benzene rings is 2. The number of nitrogens with two attached hydrogens (primary N) is 1. The molecule has 1 fully saturated rings. The first-order valence-corrected chi connectivity index (χ1v) is 10.6. The van der Waals surface area contributed by atoms with Crippen LogP contribution in [0.25, 0.3) is 10.9 Å². The Hall–Kier alpha value is -3.10. The summed E-state index contributed by atoms with van der Waals surface area (Å²) in [5.41, 5.74) is 10.2. The molecule has 8 nitrogen and oxygen atoms in total. The predicted octanol–water partition coefficient (Wildman–Crippen LogP) is 3.28. The summed E-state index contributed by atoms with van der Waals surface area (Å²) in [6.45, 7) is 3.38. The summed E-state index contributed by atoms with van der Waals surface area (Å²) in [4.78, 5) is 30.5. The molecule has 1 amide bonds. The molecule has 0 saturated carbocycles. The first-order valence-electron chi connectivity index (χ1n) is 10.6. The molecule has 0 spiro atoms. The molecule has 0 bridgehead atoms. The van der Waals surface area contributed by atoms with Gasteiger partial charge in [-0.15, -0.1) is 12.4 Å². The van der Waals surface area contributed by atoms with E-state index in [-0.39, 0.29) is 24.0 Å². The van der Waals surface area contributed by atoms with Crippen LogP contribution in [0.4, 0.5) is 11.4 Å². The molecule has 1 aromatic heterocycles. The molecule has 0 aliphatic carbocycles. The Morgan fingerprint density at radius 1 is 1.06 bits per heavy atom. The lowest BCUT2D eigenvalue weighted by atomic mass is 10.0. The monoisotopic (exact) mass is 457 g/mol. The van der Waals surface area contributed by atoms with Gasteiger partial charge in [0.2, 0.25) is 5.91 Å². The maximum Gasteiger partial charge on any atom is 0.269 e. The van der Waals surface area contributed by atoms with Crippen LogP contribution in [0.5, 0.6) is 0 Å². The fraction of sp³-hybridized carbons (Fsp3) is 0.348. The quantitative estimate of drug-likeness (QED) is 0.418. The van der Waals surface area contributed by atoms with Gasteiger partial charge < -0.3 is 20.5 Å². The van der Waals surface area contributed by atoms with E-state index in [4.69, 9.17) is 5.73 Å².